The Balaban J connectivity index is 1.44. The van der Waals surface area contributed by atoms with Crippen molar-refractivity contribution in [2.24, 2.45) is 0 Å². The molecule has 0 bridgehead atoms. The largest absolute Gasteiger partial charge is 0.389 e. The van der Waals surface area contributed by atoms with E-state index in [0.717, 1.165) is 36.7 Å². The molecular formula is C18H24ClN3O2. The SMILES string of the molecule is Cc1nc2n(c1C)CCN(C[C@@H](O)COCc1ccc(Cl)cc1)C2. The Morgan fingerprint density at radius 3 is 2.75 bits per heavy atom. The van der Waals surface area contributed by atoms with Crippen molar-refractivity contribution in [2.75, 3.05) is 19.7 Å². The van der Waals surface area contributed by atoms with Crippen molar-refractivity contribution in [3.63, 3.8) is 0 Å². The zero-order chi connectivity index (χ0) is 17.1. The first kappa shape index (κ1) is 17.4. The fourth-order valence-electron chi connectivity index (χ4n) is 3.06. The number of benzene rings is 1. The molecule has 1 aliphatic rings. The van der Waals surface area contributed by atoms with E-state index in [0.29, 0.717) is 24.8 Å². The Hall–Kier alpha value is -1.40. The Labute approximate surface area is 147 Å². The summed E-state index contributed by atoms with van der Waals surface area (Å²) in [7, 11) is 0. The number of aryl methyl sites for hydroxylation is 1. The number of hydrogen-bond donors (Lipinski definition) is 1. The third-order valence-corrected chi connectivity index (χ3v) is 4.75. The van der Waals surface area contributed by atoms with Crippen LogP contribution in [0.2, 0.25) is 5.02 Å². The monoisotopic (exact) mass is 349 g/mol. The first-order valence-electron chi connectivity index (χ1n) is 8.28. The van der Waals surface area contributed by atoms with Crippen LogP contribution >= 0.6 is 11.6 Å². The van der Waals surface area contributed by atoms with Crippen molar-refractivity contribution in [3.05, 3.63) is 52.1 Å². The molecule has 0 radical (unpaired) electrons. The van der Waals surface area contributed by atoms with Crippen LogP contribution in [0.1, 0.15) is 22.8 Å². The van der Waals surface area contributed by atoms with Gasteiger partial charge in [0.2, 0.25) is 0 Å². The van der Waals surface area contributed by atoms with E-state index in [4.69, 9.17) is 16.3 Å². The summed E-state index contributed by atoms with van der Waals surface area (Å²) in [5, 5.41) is 10.9. The lowest BCUT2D eigenvalue weighted by Crippen LogP contribution is -2.40. The van der Waals surface area contributed by atoms with Gasteiger partial charge in [-0.05, 0) is 31.5 Å². The summed E-state index contributed by atoms with van der Waals surface area (Å²) in [5.74, 6) is 1.09. The quantitative estimate of drug-likeness (QED) is 0.870. The number of imidazole rings is 1. The number of aliphatic hydroxyl groups is 1. The molecule has 1 atom stereocenters. The third-order valence-electron chi connectivity index (χ3n) is 4.50. The minimum atomic E-state index is -0.499. The number of β-amino-alcohol motifs (C(OH)–C–C–N with tert-alkyl or cyclic N) is 1. The molecule has 130 valence electrons. The van der Waals surface area contributed by atoms with E-state index in [9.17, 15) is 5.11 Å². The minimum Gasteiger partial charge on any atom is -0.389 e. The van der Waals surface area contributed by atoms with E-state index in [1.807, 2.05) is 31.2 Å². The van der Waals surface area contributed by atoms with Gasteiger partial charge in [0.25, 0.3) is 0 Å². The van der Waals surface area contributed by atoms with Gasteiger partial charge >= 0.3 is 0 Å². The molecule has 6 heteroatoms. The summed E-state index contributed by atoms with van der Waals surface area (Å²) in [6, 6.07) is 7.56. The van der Waals surface area contributed by atoms with Gasteiger partial charge in [0.1, 0.15) is 5.82 Å². The number of aliphatic hydroxyl groups excluding tert-OH is 1. The molecule has 1 aliphatic heterocycles. The molecule has 0 spiro atoms. The second-order valence-corrected chi connectivity index (χ2v) is 6.82. The van der Waals surface area contributed by atoms with Gasteiger partial charge in [-0.2, -0.15) is 0 Å². The normalized spacial score (nSPS) is 16.2. The van der Waals surface area contributed by atoms with E-state index >= 15 is 0 Å². The van der Waals surface area contributed by atoms with Crippen molar-refractivity contribution in [3.8, 4) is 0 Å². The molecule has 0 aliphatic carbocycles. The van der Waals surface area contributed by atoms with Gasteiger partial charge in [-0.1, -0.05) is 23.7 Å². The Morgan fingerprint density at radius 2 is 2.00 bits per heavy atom. The predicted molar refractivity (Wildman–Crippen MR) is 94.1 cm³/mol. The zero-order valence-corrected chi connectivity index (χ0v) is 15.0. The molecular weight excluding hydrogens is 326 g/mol. The summed E-state index contributed by atoms with van der Waals surface area (Å²) in [6.07, 6.45) is -0.499. The van der Waals surface area contributed by atoms with Crippen LogP contribution in [0.4, 0.5) is 0 Å². The number of halogens is 1. The number of rotatable bonds is 6. The van der Waals surface area contributed by atoms with E-state index in [2.05, 4.69) is 21.4 Å². The van der Waals surface area contributed by atoms with Gasteiger partial charge < -0.3 is 14.4 Å². The van der Waals surface area contributed by atoms with Crippen LogP contribution < -0.4 is 0 Å². The summed E-state index contributed by atoms with van der Waals surface area (Å²) < 4.78 is 7.89. The lowest BCUT2D eigenvalue weighted by Gasteiger charge is -2.29. The third kappa shape index (κ3) is 4.16. The lowest BCUT2D eigenvalue weighted by atomic mass is 10.2. The second kappa shape index (κ2) is 7.66. The highest BCUT2D eigenvalue weighted by molar-refractivity contribution is 6.30. The van der Waals surface area contributed by atoms with E-state index in [1.165, 1.54) is 5.69 Å². The van der Waals surface area contributed by atoms with E-state index in [-0.39, 0.29) is 0 Å². The van der Waals surface area contributed by atoms with Gasteiger partial charge in [-0.15, -0.1) is 0 Å². The zero-order valence-electron chi connectivity index (χ0n) is 14.2. The van der Waals surface area contributed by atoms with E-state index < -0.39 is 6.10 Å². The molecule has 2 aromatic rings. The molecule has 0 saturated heterocycles. The molecule has 1 aromatic heterocycles. The summed E-state index contributed by atoms with van der Waals surface area (Å²) in [6.45, 7) is 8.21. The van der Waals surface area contributed by atoms with Crippen LogP contribution in [0.15, 0.2) is 24.3 Å². The van der Waals surface area contributed by atoms with Crippen LogP contribution in [0.3, 0.4) is 0 Å². The first-order chi connectivity index (χ1) is 11.5. The van der Waals surface area contributed by atoms with Gasteiger partial charge in [-0.25, -0.2) is 4.98 Å². The average Bonchev–Trinajstić information content (AvgIpc) is 2.83. The number of fused-ring (bicyclic) bond motifs is 1. The van der Waals surface area contributed by atoms with Gasteiger partial charge in [0.05, 0.1) is 31.6 Å². The van der Waals surface area contributed by atoms with Crippen molar-refractivity contribution >= 4 is 11.6 Å². The smallest absolute Gasteiger partial charge is 0.123 e. The highest BCUT2D eigenvalue weighted by atomic mass is 35.5. The highest BCUT2D eigenvalue weighted by Crippen LogP contribution is 2.17. The van der Waals surface area contributed by atoms with Gasteiger partial charge in [-0.3, -0.25) is 4.90 Å². The van der Waals surface area contributed by atoms with Crippen LogP contribution in [-0.2, 0) is 24.4 Å². The Morgan fingerprint density at radius 1 is 1.25 bits per heavy atom. The van der Waals surface area contributed by atoms with Crippen LogP contribution in [0.25, 0.3) is 0 Å². The first-order valence-corrected chi connectivity index (χ1v) is 8.66. The molecule has 0 saturated carbocycles. The Bertz CT molecular complexity index is 684. The standard InChI is InChI=1S/C18H24ClN3O2/c1-13-14(2)22-8-7-21(10-18(22)20-13)9-17(23)12-24-11-15-3-5-16(19)6-4-15/h3-6,17,23H,7-12H2,1-2H3/t17-/m1/s1. The van der Waals surface area contributed by atoms with Crippen LogP contribution in [-0.4, -0.2) is 45.4 Å². The number of ether oxygens (including phenoxy) is 1. The Kier molecular flexibility index (Phi) is 5.56. The van der Waals surface area contributed by atoms with E-state index in [1.54, 1.807) is 0 Å². The highest BCUT2D eigenvalue weighted by Gasteiger charge is 2.22. The predicted octanol–water partition coefficient (Wildman–Crippen LogP) is 2.55. The van der Waals surface area contributed by atoms with Crippen molar-refractivity contribution < 1.29 is 9.84 Å². The maximum atomic E-state index is 10.2. The molecule has 24 heavy (non-hydrogen) atoms. The maximum absolute atomic E-state index is 10.2. The number of hydrogen-bond acceptors (Lipinski definition) is 4. The molecule has 0 amide bonds. The average molecular weight is 350 g/mol. The number of nitrogens with zero attached hydrogens (tertiary/aromatic N) is 3. The van der Waals surface area contributed by atoms with Crippen LogP contribution in [0, 0.1) is 13.8 Å². The van der Waals surface area contributed by atoms with Crippen molar-refractivity contribution in [1.29, 1.82) is 0 Å². The summed E-state index contributed by atoms with van der Waals surface area (Å²) in [5.41, 5.74) is 3.40. The fraction of sp³-hybridized carbons (Fsp3) is 0.500. The second-order valence-electron chi connectivity index (χ2n) is 6.38. The lowest BCUT2D eigenvalue weighted by molar-refractivity contribution is 0.00537. The minimum absolute atomic E-state index is 0.325. The molecule has 1 aromatic carbocycles. The van der Waals surface area contributed by atoms with Crippen molar-refractivity contribution in [2.45, 2.75) is 39.6 Å². The summed E-state index contributed by atoms with van der Waals surface area (Å²) >= 11 is 5.86. The van der Waals surface area contributed by atoms with Gasteiger partial charge in [0, 0.05) is 30.4 Å². The molecule has 3 rings (SSSR count). The molecule has 1 N–H and O–H groups in total. The maximum Gasteiger partial charge on any atom is 0.123 e. The molecule has 0 unspecified atom stereocenters. The molecule has 0 fully saturated rings. The van der Waals surface area contributed by atoms with Crippen LogP contribution in [0.5, 0.6) is 0 Å². The topological polar surface area (TPSA) is 50.5 Å². The molecule has 5 nitrogen and oxygen atoms in total. The fourth-order valence-corrected chi connectivity index (χ4v) is 3.19. The number of aromatic nitrogens is 2. The van der Waals surface area contributed by atoms with Gasteiger partial charge in [0.15, 0.2) is 0 Å². The molecule has 2 heterocycles. The summed E-state index contributed by atoms with van der Waals surface area (Å²) in [4.78, 5) is 6.85. The van der Waals surface area contributed by atoms with Crippen molar-refractivity contribution in [1.82, 2.24) is 14.5 Å².